The van der Waals surface area contributed by atoms with Gasteiger partial charge in [0.1, 0.15) is 0 Å². The molecule has 2 aromatic rings. The Labute approximate surface area is 157 Å². The van der Waals surface area contributed by atoms with E-state index in [1.165, 1.54) is 0 Å². The quantitative estimate of drug-likeness (QED) is 0.485. The first kappa shape index (κ1) is 20.6. The number of halogens is 2. The molecule has 0 saturated carbocycles. The molecule has 2 rings (SSSR count). The summed E-state index contributed by atoms with van der Waals surface area (Å²) in [7, 11) is 0. The van der Waals surface area contributed by atoms with Gasteiger partial charge in [-0.15, -0.1) is 0 Å². The van der Waals surface area contributed by atoms with Gasteiger partial charge < -0.3 is 0 Å². The van der Waals surface area contributed by atoms with Crippen LogP contribution in [0.4, 0.5) is 8.78 Å². The van der Waals surface area contributed by atoms with Gasteiger partial charge in [0.25, 0.3) is 5.92 Å². The highest BCUT2D eigenvalue weighted by Crippen LogP contribution is 2.56. The molecule has 0 aromatic heterocycles. The maximum atomic E-state index is 16.4. The van der Waals surface area contributed by atoms with Crippen LogP contribution in [0.3, 0.4) is 0 Å². The third-order valence-corrected chi connectivity index (χ3v) is 6.43. The van der Waals surface area contributed by atoms with Crippen LogP contribution < -0.4 is 0 Å². The molecule has 2 aromatic carbocycles. The summed E-state index contributed by atoms with van der Waals surface area (Å²) in [5.74, 6) is -2.89. The molecule has 26 heavy (non-hydrogen) atoms. The van der Waals surface area contributed by atoms with Gasteiger partial charge in [0.05, 0.1) is 10.8 Å². The van der Waals surface area contributed by atoms with Crippen LogP contribution in [-0.4, -0.2) is 5.92 Å². The van der Waals surface area contributed by atoms with Crippen molar-refractivity contribution in [3.05, 3.63) is 70.8 Å². The maximum Gasteiger partial charge on any atom is 0.266 e. The van der Waals surface area contributed by atoms with E-state index in [1.54, 1.807) is 6.92 Å². The van der Waals surface area contributed by atoms with Crippen molar-refractivity contribution < 1.29 is 8.78 Å². The predicted octanol–water partition coefficient (Wildman–Crippen LogP) is 7.36. The lowest BCUT2D eigenvalue weighted by atomic mass is 9.59. The monoisotopic (exact) mass is 358 g/mol. The SMILES string of the molecule is CCC(C)(c1cccc(C)c1)C(F)(F)C(CC)(CC)c1cccc(C)c1. The summed E-state index contributed by atoms with van der Waals surface area (Å²) in [6.45, 7) is 11.3. The van der Waals surface area contributed by atoms with E-state index in [1.807, 2.05) is 83.1 Å². The van der Waals surface area contributed by atoms with E-state index in [0.717, 1.165) is 22.3 Å². The predicted molar refractivity (Wildman–Crippen MR) is 107 cm³/mol. The van der Waals surface area contributed by atoms with Crippen molar-refractivity contribution in [1.82, 2.24) is 0 Å². The molecule has 0 fully saturated rings. The molecule has 0 N–H and O–H groups in total. The van der Waals surface area contributed by atoms with Gasteiger partial charge in [0.15, 0.2) is 0 Å². The van der Waals surface area contributed by atoms with Crippen LogP contribution in [0.25, 0.3) is 0 Å². The Morgan fingerprint density at radius 2 is 1.19 bits per heavy atom. The summed E-state index contributed by atoms with van der Waals surface area (Å²) < 4.78 is 32.9. The molecular weight excluding hydrogens is 326 g/mol. The molecule has 0 aliphatic rings. The lowest BCUT2D eigenvalue weighted by molar-refractivity contribution is -0.143. The largest absolute Gasteiger partial charge is 0.266 e. The number of benzene rings is 2. The number of alkyl halides is 2. The van der Waals surface area contributed by atoms with Crippen LogP contribution in [0.1, 0.15) is 69.2 Å². The van der Waals surface area contributed by atoms with E-state index in [0.29, 0.717) is 19.3 Å². The zero-order valence-corrected chi connectivity index (χ0v) is 17.0. The molecule has 2 heteroatoms. The Morgan fingerprint density at radius 3 is 1.62 bits per heavy atom. The summed E-state index contributed by atoms with van der Waals surface area (Å²) in [4.78, 5) is 0. The van der Waals surface area contributed by atoms with Gasteiger partial charge in [-0.1, -0.05) is 80.4 Å². The van der Waals surface area contributed by atoms with Crippen molar-refractivity contribution in [3.63, 3.8) is 0 Å². The van der Waals surface area contributed by atoms with Crippen molar-refractivity contribution in [3.8, 4) is 0 Å². The minimum Gasteiger partial charge on any atom is -0.205 e. The fourth-order valence-electron chi connectivity index (χ4n) is 4.35. The summed E-state index contributed by atoms with van der Waals surface area (Å²) in [5, 5.41) is 0. The summed E-state index contributed by atoms with van der Waals surface area (Å²) in [6, 6.07) is 15.3. The van der Waals surface area contributed by atoms with Gasteiger partial charge in [-0.3, -0.25) is 0 Å². The van der Waals surface area contributed by atoms with Crippen molar-refractivity contribution in [2.45, 2.75) is 77.6 Å². The summed E-state index contributed by atoms with van der Waals surface area (Å²) in [5.41, 5.74) is 1.11. The Hall–Kier alpha value is -1.70. The molecular formula is C24H32F2. The second kappa shape index (κ2) is 7.50. The molecule has 0 nitrogen and oxygen atoms in total. The minimum atomic E-state index is -2.89. The average Bonchev–Trinajstić information content (AvgIpc) is 2.62. The second-order valence-electron chi connectivity index (χ2n) is 7.79. The Kier molecular flexibility index (Phi) is 5.95. The van der Waals surface area contributed by atoms with Crippen LogP contribution in [-0.2, 0) is 10.8 Å². The fourth-order valence-corrected chi connectivity index (χ4v) is 4.35. The van der Waals surface area contributed by atoms with E-state index in [4.69, 9.17) is 0 Å². The number of aryl methyl sites for hydroxylation is 2. The molecule has 0 radical (unpaired) electrons. The van der Waals surface area contributed by atoms with Gasteiger partial charge >= 0.3 is 0 Å². The van der Waals surface area contributed by atoms with Crippen LogP contribution >= 0.6 is 0 Å². The molecule has 1 unspecified atom stereocenters. The lowest BCUT2D eigenvalue weighted by Gasteiger charge is -2.49. The summed E-state index contributed by atoms with van der Waals surface area (Å²) in [6.07, 6.45) is 1.19. The Balaban J connectivity index is 2.72. The Bertz CT molecular complexity index is 743. The van der Waals surface area contributed by atoms with Gasteiger partial charge in [-0.2, -0.15) is 0 Å². The van der Waals surface area contributed by atoms with E-state index >= 15 is 8.78 Å². The van der Waals surface area contributed by atoms with Crippen molar-refractivity contribution in [1.29, 1.82) is 0 Å². The van der Waals surface area contributed by atoms with Crippen LogP contribution in [0.15, 0.2) is 48.5 Å². The van der Waals surface area contributed by atoms with Crippen molar-refractivity contribution in [2.75, 3.05) is 0 Å². The average molecular weight is 359 g/mol. The van der Waals surface area contributed by atoms with Crippen LogP contribution in [0.5, 0.6) is 0 Å². The molecule has 0 spiro atoms. The van der Waals surface area contributed by atoms with Crippen LogP contribution in [0, 0.1) is 13.8 Å². The topological polar surface area (TPSA) is 0 Å². The standard InChI is InChI=1S/C24H32F2/c1-7-22(6,20-14-10-12-18(4)16-20)24(25,26)23(8-2,9-3)21-15-11-13-19(5)17-21/h10-17H,7-9H2,1-6H3. The van der Waals surface area contributed by atoms with Crippen molar-refractivity contribution in [2.24, 2.45) is 0 Å². The normalized spacial score (nSPS) is 14.9. The van der Waals surface area contributed by atoms with Gasteiger partial charge in [-0.25, -0.2) is 8.78 Å². The molecule has 142 valence electrons. The first-order valence-corrected chi connectivity index (χ1v) is 9.70. The zero-order chi connectivity index (χ0) is 19.6. The third kappa shape index (κ3) is 3.08. The molecule has 0 saturated heterocycles. The molecule has 0 aliphatic carbocycles. The first-order valence-electron chi connectivity index (χ1n) is 9.70. The highest BCUT2D eigenvalue weighted by atomic mass is 19.3. The number of hydrogen-bond donors (Lipinski definition) is 0. The maximum absolute atomic E-state index is 16.4. The molecule has 0 amide bonds. The first-order chi connectivity index (χ1) is 12.2. The minimum absolute atomic E-state index is 0.386. The lowest BCUT2D eigenvalue weighted by Crippen LogP contribution is -2.57. The van der Waals surface area contributed by atoms with E-state index in [2.05, 4.69) is 0 Å². The smallest absolute Gasteiger partial charge is 0.205 e. The zero-order valence-electron chi connectivity index (χ0n) is 17.0. The molecule has 0 heterocycles. The fraction of sp³-hybridized carbons (Fsp3) is 0.500. The number of rotatable bonds is 7. The van der Waals surface area contributed by atoms with Crippen molar-refractivity contribution >= 4 is 0 Å². The molecule has 1 atom stereocenters. The highest BCUT2D eigenvalue weighted by molar-refractivity contribution is 5.39. The van der Waals surface area contributed by atoms with Gasteiger partial charge in [0, 0.05) is 0 Å². The third-order valence-electron chi connectivity index (χ3n) is 6.43. The summed E-state index contributed by atoms with van der Waals surface area (Å²) >= 11 is 0. The van der Waals surface area contributed by atoms with E-state index in [9.17, 15) is 0 Å². The Morgan fingerprint density at radius 1 is 0.731 bits per heavy atom. The molecule has 0 bridgehead atoms. The van der Waals surface area contributed by atoms with Gasteiger partial charge in [0.2, 0.25) is 0 Å². The van der Waals surface area contributed by atoms with Crippen LogP contribution in [0.2, 0.25) is 0 Å². The van der Waals surface area contributed by atoms with E-state index in [-0.39, 0.29) is 0 Å². The second-order valence-corrected chi connectivity index (χ2v) is 7.79. The highest BCUT2D eigenvalue weighted by Gasteiger charge is 2.62. The van der Waals surface area contributed by atoms with Gasteiger partial charge in [-0.05, 0) is 51.2 Å². The molecule has 0 aliphatic heterocycles. The number of hydrogen-bond acceptors (Lipinski definition) is 0. The van der Waals surface area contributed by atoms with E-state index < -0.39 is 16.8 Å².